The zero-order valence-electron chi connectivity index (χ0n) is 19.3. The SMILES string of the molecule is CCNC(=NCC1CCN(CCc2ccccc2)C1)N1CCC(COCCOC)C1.I. The van der Waals surface area contributed by atoms with E-state index < -0.39 is 0 Å². The summed E-state index contributed by atoms with van der Waals surface area (Å²) >= 11 is 0. The third-order valence-electron chi connectivity index (χ3n) is 6.13. The number of methoxy groups -OCH3 is 1. The molecule has 0 radical (unpaired) electrons. The number of aliphatic imine (C=N–C) groups is 1. The van der Waals surface area contributed by atoms with Gasteiger partial charge in [0.2, 0.25) is 0 Å². The Labute approximate surface area is 205 Å². The molecule has 6 nitrogen and oxygen atoms in total. The normalized spacial score (nSPS) is 22.0. The third kappa shape index (κ3) is 9.24. The van der Waals surface area contributed by atoms with E-state index in [4.69, 9.17) is 14.5 Å². The number of hydrogen-bond donors (Lipinski definition) is 1. The van der Waals surface area contributed by atoms with Gasteiger partial charge in [0.1, 0.15) is 0 Å². The number of hydrogen-bond acceptors (Lipinski definition) is 4. The van der Waals surface area contributed by atoms with Crippen molar-refractivity contribution in [3.8, 4) is 0 Å². The van der Waals surface area contributed by atoms with Crippen LogP contribution in [0.3, 0.4) is 0 Å². The Morgan fingerprint density at radius 2 is 1.90 bits per heavy atom. The van der Waals surface area contributed by atoms with Crippen molar-refractivity contribution >= 4 is 29.9 Å². The molecule has 0 aromatic heterocycles. The topological polar surface area (TPSA) is 49.3 Å². The fourth-order valence-corrected chi connectivity index (χ4v) is 4.39. The third-order valence-corrected chi connectivity index (χ3v) is 6.13. The maximum absolute atomic E-state index is 5.74. The quantitative estimate of drug-likeness (QED) is 0.201. The van der Waals surface area contributed by atoms with Crippen molar-refractivity contribution in [2.24, 2.45) is 16.8 Å². The highest BCUT2D eigenvalue weighted by Crippen LogP contribution is 2.19. The summed E-state index contributed by atoms with van der Waals surface area (Å²) in [5.74, 6) is 2.34. The first kappa shape index (κ1) is 26.4. The largest absolute Gasteiger partial charge is 0.382 e. The van der Waals surface area contributed by atoms with Gasteiger partial charge in [0.25, 0.3) is 0 Å². The van der Waals surface area contributed by atoms with Crippen LogP contribution >= 0.6 is 24.0 Å². The van der Waals surface area contributed by atoms with Gasteiger partial charge in [-0.05, 0) is 44.2 Å². The summed E-state index contributed by atoms with van der Waals surface area (Å²) in [4.78, 5) is 10.0. The van der Waals surface area contributed by atoms with Crippen LogP contribution in [0.5, 0.6) is 0 Å². The first-order valence-corrected chi connectivity index (χ1v) is 11.6. The Morgan fingerprint density at radius 1 is 1.10 bits per heavy atom. The van der Waals surface area contributed by atoms with Crippen molar-refractivity contribution in [3.05, 3.63) is 35.9 Å². The van der Waals surface area contributed by atoms with Crippen LogP contribution in [-0.2, 0) is 15.9 Å². The molecule has 7 heteroatoms. The van der Waals surface area contributed by atoms with Gasteiger partial charge in [-0.15, -0.1) is 24.0 Å². The Hall–Kier alpha value is -0.900. The standard InChI is InChI=1S/C24H40N4O2.HI/c1-3-25-24(28-14-11-23(19-28)20-30-16-15-29-2)26-17-22-10-13-27(18-22)12-9-21-7-5-4-6-8-21;/h4-8,22-23H,3,9-20H2,1-2H3,(H,25,26);1H. The summed E-state index contributed by atoms with van der Waals surface area (Å²) in [6, 6.07) is 10.8. The minimum Gasteiger partial charge on any atom is -0.382 e. The second-order valence-corrected chi connectivity index (χ2v) is 8.55. The average molecular weight is 545 g/mol. The van der Waals surface area contributed by atoms with Crippen molar-refractivity contribution in [1.29, 1.82) is 0 Å². The molecule has 2 aliphatic rings. The van der Waals surface area contributed by atoms with Gasteiger partial charge < -0.3 is 24.6 Å². The smallest absolute Gasteiger partial charge is 0.193 e. The molecular formula is C24H41IN4O2. The molecule has 1 N–H and O–H groups in total. The molecule has 0 bridgehead atoms. The molecule has 1 aromatic rings. The van der Waals surface area contributed by atoms with E-state index in [1.165, 1.54) is 31.5 Å². The lowest BCUT2D eigenvalue weighted by molar-refractivity contribution is 0.0536. The van der Waals surface area contributed by atoms with Crippen LogP contribution in [0.1, 0.15) is 25.3 Å². The van der Waals surface area contributed by atoms with E-state index in [2.05, 4.69) is 52.4 Å². The van der Waals surface area contributed by atoms with Crippen molar-refractivity contribution in [3.63, 3.8) is 0 Å². The van der Waals surface area contributed by atoms with Gasteiger partial charge in [0.15, 0.2) is 5.96 Å². The first-order chi connectivity index (χ1) is 14.8. The molecule has 0 spiro atoms. The summed E-state index contributed by atoms with van der Waals surface area (Å²) in [7, 11) is 1.71. The van der Waals surface area contributed by atoms with Crippen molar-refractivity contribution < 1.29 is 9.47 Å². The van der Waals surface area contributed by atoms with Crippen LogP contribution in [0.2, 0.25) is 0 Å². The Balaban J connectivity index is 0.00000341. The highest BCUT2D eigenvalue weighted by atomic mass is 127. The number of halogens is 1. The van der Waals surface area contributed by atoms with E-state index in [1.807, 2.05) is 0 Å². The van der Waals surface area contributed by atoms with Gasteiger partial charge in [-0.3, -0.25) is 4.99 Å². The number of ether oxygens (including phenoxy) is 2. The lowest BCUT2D eigenvalue weighted by Gasteiger charge is -2.22. The molecule has 31 heavy (non-hydrogen) atoms. The lowest BCUT2D eigenvalue weighted by atomic mass is 10.1. The first-order valence-electron chi connectivity index (χ1n) is 11.6. The Bertz CT molecular complexity index is 631. The van der Waals surface area contributed by atoms with Crippen molar-refractivity contribution in [2.75, 3.05) is 72.7 Å². The maximum atomic E-state index is 5.74. The van der Waals surface area contributed by atoms with E-state index >= 15 is 0 Å². The number of likely N-dealkylation sites (tertiary alicyclic amines) is 2. The molecule has 2 aliphatic heterocycles. The number of rotatable bonds is 11. The van der Waals surface area contributed by atoms with Crippen LogP contribution in [0, 0.1) is 11.8 Å². The molecule has 3 rings (SSSR count). The van der Waals surface area contributed by atoms with Crippen molar-refractivity contribution in [1.82, 2.24) is 15.1 Å². The van der Waals surface area contributed by atoms with E-state index in [9.17, 15) is 0 Å². The van der Waals surface area contributed by atoms with Gasteiger partial charge in [-0.2, -0.15) is 0 Å². The number of nitrogens with one attached hydrogen (secondary N) is 1. The number of nitrogens with zero attached hydrogens (tertiary/aromatic N) is 3. The molecule has 2 unspecified atom stereocenters. The highest BCUT2D eigenvalue weighted by Gasteiger charge is 2.26. The van der Waals surface area contributed by atoms with E-state index in [1.54, 1.807) is 7.11 Å². The van der Waals surface area contributed by atoms with Crippen LogP contribution in [0.4, 0.5) is 0 Å². The zero-order chi connectivity index (χ0) is 21.0. The van der Waals surface area contributed by atoms with Gasteiger partial charge in [0, 0.05) is 52.3 Å². The lowest BCUT2D eigenvalue weighted by Crippen LogP contribution is -2.40. The van der Waals surface area contributed by atoms with Gasteiger partial charge >= 0.3 is 0 Å². The minimum absolute atomic E-state index is 0. The van der Waals surface area contributed by atoms with Crippen LogP contribution in [-0.4, -0.2) is 88.5 Å². The second kappa shape index (κ2) is 15.0. The minimum atomic E-state index is 0. The maximum Gasteiger partial charge on any atom is 0.193 e. The fraction of sp³-hybridized carbons (Fsp3) is 0.708. The average Bonchev–Trinajstić information content (AvgIpc) is 3.43. The summed E-state index contributed by atoms with van der Waals surface area (Å²) in [5.41, 5.74) is 1.43. The Kier molecular flexibility index (Phi) is 12.8. The molecule has 176 valence electrons. The molecule has 2 heterocycles. The van der Waals surface area contributed by atoms with Crippen LogP contribution in [0.15, 0.2) is 35.3 Å². The zero-order valence-corrected chi connectivity index (χ0v) is 21.6. The highest BCUT2D eigenvalue weighted by molar-refractivity contribution is 14.0. The second-order valence-electron chi connectivity index (χ2n) is 8.55. The molecule has 1 aromatic carbocycles. The number of guanidine groups is 1. The van der Waals surface area contributed by atoms with Gasteiger partial charge in [0.05, 0.1) is 19.8 Å². The van der Waals surface area contributed by atoms with Crippen molar-refractivity contribution in [2.45, 2.75) is 26.2 Å². The molecular weight excluding hydrogens is 503 g/mol. The molecule has 0 amide bonds. The van der Waals surface area contributed by atoms with Gasteiger partial charge in [-0.1, -0.05) is 30.3 Å². The number of benzene rings is 1. The van der Waals surface area contributed by atoms with E-state index in [0.29, 0.717) is 25.0 Å². The summed E-state index contributed by atoms with van der Waals surface area (Å²) in [6.07, 6.45) is 3.57. The molecule has 2 fully saturated rings. The molecule has 2 saturated heterocycles. The predicted molar refractivity (Wildman–Crippen MR) is 138 cm³/mol. The summed E-state index contributed by atoms with van der Waals surface area (Å²) < 4.78 is 10.8. The molecule has 2 atom stereocenters. The predicted octanol–water partition coefficient (Wildman–Crippen LogP) is 3.12. The van der Waals surface area contributed by atoms with Gasteiger partial charge in [-0.25, -0.2) is 0 Å². The fourth-order valence-electron chi connectivity index (χ4n) is 4.39. The monoisotopic (exact) mass is 544 g/mol. The Morgan fingerprint density at radius 3 is 2.68 bits per heavy atom. The summed E-state index contributed by atoms with van der Waals surface area (Å²) in [6.45, 7) is 11.8. The van der Waals surface area contributed by atoms with Crippen LogP contribution in [0.25, 0.3) is 0 Å². The van der Waals surface area contributed by atoms with E-state index in [-0.39, 0.29) is 24.0 Å². The summed E-state index contributed by atoms with van der Waals surface area (Å²) in [5, 5.41) is 3.50. The van der Waals surface area contributed by atoms with Crippen LogP contribution < -0.4 is 5.32 Å². The molecule has 0 aliphatic carbocycles. The van der Waals surface area contributed by atoms with E-state index in [0.717, 1.165) is 51.7 Å². The molecule has 0 saturated carbocycles.